The number of hydrogen-bond acceptors (Lipinski definition) is 5. The van der Waals surface area contributed by atoms with Gasteiger partial charge in [0, 0.05) is 43.0 Å². The van der Waals surface area contributed by atoms with Crippen molar-refractivity contribution < 1.29 is 23.1 Å². The van der Waals surface area contributed by atoms with Gasteiger partial charge in [-0.25, -0.2) is 4.68 Å². The monoisotopic (exact) mass is 560 g/mol. The van der Waals surface area contributed by atoms with Crippen molar-refractivity contribution in [2.75, 3.05) is 24.5 Å². The second kappa shape index (κ2) is 10.8. The number of aromatic nitrogens is 2. The number of carbonyl (C=O) groups excluding carboxylic acids is 1. The van der Waals surface area contributed by atoms with E-state index in [4.69, 9.17) is 0 Å². The highest BCUT2D eigenvalue weighted by Crippen LogP contribution is 2.37. The molecular weight excluding hydrogens is 529 g/mol. The topological polar surface area (TPSA) is 61.6 Å². The fourth-order valence-corrected chi connectivity index (χ4v) is 5.90. The van der Waals surface area contributed by atoms with Crippen LogP contribution >= 0.6 is 0 Å². The lowest BCUT2D eigenvalue weighted by Gasteiger charge is -2.30. The van der Waals surface area contributed by atoms with Gasteiger partial charge in [0.1, 0.15) is 0 Å². The molecule has 1 fully saturated rings. The Labute approximate surface area is 236 Å². The smallest absolute Gasteiger partial charge is 0.392 e. The van der Waals surface area contributed by atoms with Crippen molar-refractivity contribution in [1.82, 2.24) is 14.7 Å². The van der Waals surface area contributed by atoms with Crippen molar-refractivity contribution in [3.05, 3.63) is 101 Å². The minimum atomic E-state index is -4.56. The number of ketones is 1. The molecule has 41 heavy (non-hydrogen) atoms. The van der Waals surface area contributed by atoms with E-state index in [0.717, 1.165) is 36.3 Å². The van der Waals surface area contributed by atoms with Crippen LogP contribution in [-0.4, -0.2) is 51.3 Å². The van der Waals surface area contributed by atoms with Crippen molar-refractivity contribution in [1.29, 1.82) is 0 Å². The molecule has 1 atom stereocenters. The lowest BCUT2D eigenvalue weighted by atomic mass is 9.98. The summed E-state index contributed by atoms with van der Waals surface area (Å²) in [6.07, 6.45) is -3.81. The van der Waals surface area contributed by atoms with Crippen LogP contribution in [0.25, 0.3) is 16.8 Å². The van der Waals surface area contributed by atoms with Crippen molar-refractivity contribution in [3.63, 3.8) is 0 Å². The maximum Gasteiger partial charge on any atom is 0.435 e. The first kappa shape index (κ1) is 27.2. The quantitative estimate of drug-likeness (QED) is 0.298. The lowest BCUT2D eigenvalue weighted by molar-refractivity contribution is -0.142. The van der Waals surface area contributed by atoms with Crippen molar-refractivity contribution in [2.24, 2.45) is 0 Å². The first-order chi connectivity index (χ1) is 19.7. The molecule has 1 N–H and O–H groups in total. The third kappa shape index (κ3) is 5.52. The van der Waals surface area contributed by atoms with E-state index < -0.39 is 11.9 Å². The standard InChI is InChI=1S/C32H31F3N4O2/c1-21(40)22-6-12-26(13-7-22)39-30-20-38(17-15-29(30)31(36-39)32(33,34)35)25-10-8-23(9-11-25)28-5-3-2-4-24(28)18-37-16-14-27(41)19-37/h2-13,27,41H,14-20H2,1H3/t27-/m0/s1. The van der Waals surface area contributed by atoms with Crippen LogP contribution in [0.15, 0.2) is 72.8 Å². The number of likely N-dealkylation sites (tertiary alicyclic amines) is 1. The Morgan fingerprint density at radius 1 is 0.976 bits per heavy atom. The average Bonchev–Trinajstić information content (AvgIpc) is 3.56. The Kier molecular flexibility index (Phi) is 7.17. The molecule has 0 spiro atoms. The number of anilines is 1. The highest BCUT2D eigenvalue weighted by Gasteiger charge is 2.40. The number of rotatable bonds is 6. The highest BCUT2D eigenvalue weighted by molar-refractivity contribution is 5.94. The predicted molar refractivity (Wildman–Crippen MR) is 151 cm³/mol. The van der Waals surface area contributed by atoms with Gasteiger partial charge >= 0.3 is 6.18 Å². The summed E-state index contributed by atoms with van der Waals surface area (Å²) >= 11 is 0. The van der Waals surface area contributed by atoms with Gasteiger partial charge in [0.15, 0.2) is 11.5 Å². The second-order valence-corrected chi connectivity index (χ2v) is 10.8. The predicted octanol–water partition coefficient (Wildman–Crippen LogP) is 5.89. The molecule has 6 nitrogen and oxygen atoms in total. The lowest BCUT2D eigenvalue weighted by Crippen LogP contribution is -2.31. The Hall–Kier alpha value is -3.95. The van der Waals surface area contributed by atoms with Crippen molar-refractivity contribution in [2.45, 2.75) is 45.1 Å². The van der Waals surface area contributed by atoms with Crippen LogP contribution in [0.2, 0.25) is 0 Å². The van der Waals surface area contributed by atoms with Crippen LogP contribution in [0.3, 0.4) is 0 Å². The van der Waals surface area contributed by atoms with Crippen molar-refractivity contribution >= 4 is 11.5 Å². The summed E-state index contributed by atoms with van der Waals surface area (Å²) in [7, 11) is 0. The molecule has 0 aliphatic carbocycles. The number of nitrogens with zero attached hydrogens (tertiary/aromatic N) is 4. The Morgan fingerprint density at radius 2 is 1.68 bits per heavy atom. The van der Waals surface area contributed by atoms with Crippen LogP contribution in [0.4, 0.5) is 18.9 Å². The zero-order chi connectivity index (χ0) is 28.7. The molecule has 0 saturated carbocycles. The van der Waals surface area contributed by atoms with Gasteiger partial charge in [-0.3, -0.25) is 9.69 Å². The summed E-state index contributed by atoms with van der Waals surface area (Å²) in [4.78, 5) is 16.0. The van der Waals surface area contributed by atoms with Crippen LogP contribution in [-0.2, 0) is 25.7 Å². The van der Waals surface area contributed by atoms with E-state index in [2.05, 4.69) is 39.2 Å². The molecule has 2 aliphatic rings. The number of β-amino-alcohol motifs (C(OH)–C–C–N with tert-alkyl or cyclic N) is 1. The van der Waals surface area contributed by atoms with E-state index in [1.54, 1.807) is 24.3 Å². The second-order valence-electron chi connectivity index (χ2n) is 10.8. The SMILES string of the molecule is CC(=O)c1ccc(-n2nc(C(F)(F)F)c3c2CN(c2ccc(-c4ccccc4CN4CC[C@H](O)C4)cc2)CC3)cc1. The Morgan fingerprint density at radius 3 is 2.34 bits per heavy atom. The molecule has 6 rings (SSSR count). The third-order valence-electron chi connectivity index (χ3n) is 8.05. The fraction of sp³-hybridized carbons (Fsp3) is 0.312. The molecule has 0 radical (unpaired) electrons. The number of hydrogen-bond donors (Lipinski definition) is 1. The summed E-state index contributed by atoms with van der Waals surface area (Å²) in [6.45, 7) is 4.49. The number of Topliss-reactive ketones (excluding diaryl/α,β-unsaturated/α-hetero) is 1. The van der Waals surface area contributed by atoms with Gasteiger partial charge in [0.2, 0.25) is 0 Å². The van der Waals surface area contributed by atoms with E-state index in [1.165, 1.54) is 17.2 Å². The average molecular weight is 561 g/mol. The minimum Gasteiger partial charge on any atom is -0.392 e. The van der Waals surface area contributed by atoms with Gasteiger partial charge in [0.25, 0.3) is 0 Å². The molecule has 4 aromatic rings. The normalized spacial score (nSPS) is 17.6. The number of benzene rings is 3. The number of fused-ring (bicyclic) bond motifs is 1. The largest absolute Gasteiger partial charge is 0.435 e. The molecule has 9 heteroatoms. The van der Waals surface area contributed by atoms with Gasteiger partial charge in [-0.2, -0.15) is 18.3 Å². The molecule has 2 aliphatic heterocycles. The van der Waals surface area contributed by atoms with Gasteiger partial charge in [0.05, 0.1) is 24.0 Å². The van der Waals surface area contributed by atoms with E-state index in [0.29, 0.717) is 30.0 Å². The van der Waals surface area contributed by atoms with Crippen molar-refractivity contribution in [3.8, 4) is 16.8 Å². The summed E-state index contributed by atoms with van der Waals surface area (Å²) < 4.78 is 43.2. The fourth-order valence-electron chi connectivity index (χ4n) is 5.90. The zero-order valence-electron chi connectivity index (χ0n) is 22.7. The number of alkyl halides is 3. The molecule has 1 saturated heterocycles. The zero-order valence-corrected chi connectivity index (χ0v) is 22.7. The first-order valence-corrected chi connectivity index (χ1v) is 13.8. The van der Waals surface area contributed by atoms with Crippen LogP contribution < -0.4 is 4.90 Å². The van der Waals surface area contributed by atoms with E-state index in [9.17, 15) is 23.1 Å². The number of aliphatic hydroxyl groups excluding tert-OH is 1. The number of carbonyl (C=O) groups is 1. The van der Waals surface area contributed by atoms with Crippen LogP contribution in [0.5, 0.6) is 0 Å². The highest BCUT2D eigenvalue weighted by atomic mass is 19.4. The molecule has 1 aromatic heterocycles. The third-order valence-corrected chi connectivity index (χ3v) is 8.05. The number of aliphatic hydroxyl groups is 1. The maximum absolute atomic E-state index is 13.9. The molecule has 212 valence electrons. The molecule has 3 aromatic carbocycles. The Balaban J connectivity index is 1.27. The van der Waals surface area contributed by atoms with Crippen LogP contribution in [0.1, 0.15) is 46.2 Å². The van der Waals surface area contributed by atoms with Gasteiger partial charge in [-0.15, -0.1) is 0 Å². The summed E-state index contributed by atoms with van der Waals surface area (Å²) in [5, 5.41) is 13.9. The molecule has 0 unspecified atom stereocenters. The molecule has 3 heterocycles. The van der Waals surface area contributed by atoms with Gasteiger partial charge < -0.3 is 10.0 Å². The van der Waals surface area contributed by atoms with E-state index in [-0.39, 0.29) is 30.4 Å². The molecule has 0 bridgehead atoms. The van der Waals surface area contributed by atoms with Crippen LogP contribution in [0, 0.1) is 0 Å². The summed E-state index contributed by atoms with van der Waals surface area (Å²) in [6, 6.07) is 22.9. The van der Waals surface area contributed by atoms with Gasteiger partial charge in [-0.05, 0) is 72.9 Å². The first-order valence-electron chi connectivity index (χ1n) is 13.8. The number of halogens is 3. The van der Waals surface area contributed by atoms with E-state index in [1.807, 2.05) is 24.3 Å². The Bertz CT molecular complexity index is 1560. The van der Waals surface area contributed by atoms with E-state index >= 15 is 0 Å². The summed E-state index contributed by atoms with van der Waals surface area (Å²) in [5.41, 5.74) is 5.17. The maximum atomic E-state index is 13.9. The molecule has 0 amide bonds. The summed E-state index contributed by atoms with van der Waals surface area (Å²) in [5.74, 6) is -0.109. The van der Waals surface area contributed by atoms with Gasteiger partial charge in [-0.1, -0.05) is 36.4 Å². The minimum absolute atomic E-state index is 0.109. The molecular formula is C32H31F3N4O2.